The van der Waals surface area contributed by atoms with E-state index < -0.39 is 0 Å². The van der Waals surface area contributed by atoms with Crippen LogP contribution in [0.25, 0.3) is 0 Å². The molecule has 0 spiro atoms. The molecule has 0 aliphatic carbocycles. The Bertz CT molecular complexity index is 479. The van der Waals surface area contributed by atoms with Crippen LogP contribution in [0.1, 0.15) is 22.3 Å². The molecule has 1 fully saturated rings. The number of hydrogen-bond acceptors (Lipinski definition) is 3. The van der Waals surface area contributed by atoms with Crippen LogP contribution in [0.2, 0.25) is 0 Å². The van der Waals surface area contributed by atoms with Crippen molar-refractivity contribution in [1.82, 2.24) is 9.80 Å². The molecule has 1 amide bonds. The molecule has 1 aliphatic rings. The minimum absolute atomic E-state index is 0.0424. The van der Waals surface area contributed by atoms with Crippen LogP contribution in [0.4, 0.5) is 0 Å². The molecule has 1 aliphatic heterocycles. The van der Waals surface area contributed by atoms with E-state index in [4.69, 9.17) is 11.6 Å². The molecule has 2 rings (SSSR count). The van der Waals surface area contributed by atoms with Gasteiger partial charge in [-0.05, 0) is 43.7 Å². The van der Waals surface area contributed by atoms with Gasteiger partial charge in [-0.3, -0.25) is 4.79 Å². The van der Waals surface area contributed by atoms with Crippen molar-refractivity contribution in [2.24, 2.45) is 0 Å². The first-order chi connectivity index (χ1) is 9.61. The lowest BCUT2D eigenvalue weighted by Crippen LogP contribution is -2.35. The summed E-state index contributed by atoms with van der Waals surface area (Å²) in [7, 11) is 0. The SMILES string of the molecule is Cc1cc(C(=O)N2CCCN(CCCl)CC2)ccc1O. The summed E-state index contributed by atoms with van der Waals surface area (Å²) in [6.45, 7) is 6.05. The third-order valence-electron chi connectivity index (χ3n) is 3.72. The standard InChI is InChI=1S/C15H21ClN2O2/c1-12-11-13(3-4-14(12)19)15(20)18-7-2-6-17(8-5-16)9-10-18/h3-4,11,19H,2,5-10H2,1H3. The number of carbonyl (C=O) groups is 1. The first kappa shape index (κ1) is 15.1. The van der Waals surface area contributed by atoms with Crippen LogP contribution in [0, 0.1) is 6.92 Å². The zero-order chi connectivity index (χ0) is 14.5. The van der Waals surface area contributed by atoms with Crippen LogP contribution in [0.15, 0.2) is 18.2 Å². The zero-order valence-electron chi connectivity index (χ0n) is 11.8. The number of phenolic OH excluding ortho intramolecular Hbond substituents is 1. The van der Waals surface area contributed by atoms with E-state index in [0.717, 1.165) is 44.7 Å². The van der Waals surface area contributed by atoms with E-state index in [1.807, 2.05) is 4.90 Å². The number of amides is 1. The fourth-order valence-electron chi connectivity index (χ4n) is 2.49. The molecule has 110 valence electrons. The summed E-state index contributed by atoms with van der Waals surface area (Å²) in [6.07, 6.45) is 0.972. The number of phenols is 1. The van der Waals surface area contributed by atoms with E-state index in [1.54, 1.807) is 25.1 Å². The average Bonchev–Trinajstić information content (AvgIpc) is 2.67. The van der Waals surface area contributed by atoms with E-state index in [0.29, 0.717) is 11.4 Å². The number of aryl methyl sites for hydroxylation is 1. The molecular weight excluding hydrogens is 276 g/mol. The Balaban J connectivity index is 2.03. The van der Waals surface area contributed by atoms with Crippen molar-refractivity contribution >= 4 is 17.5 Å². The largest absolute Gasteiger partial charge is 0.508 e. The summed E-state index contributed by atoms with van der Waals surface area (Å²) in [6, 6.07) is 5.02. The van der Waals surface area contributed by atoms with E-state index in [-0.39, 0.29) is 11.7 Å². The van der Waals surface area contributed by atoms with Gasteiger partial charge in [0.15, 0.2) is 0 Å². The van der Waals surface area contributed by atoms with Crippen molar-refractivity contribution < 1.29 is 9.90 Å². The average molecular weight is 297 g/mol. The first-order valence-electron chi connectivity index (χ1n) is 6.99. The van der Waals surface area contributed by atoms with Crippen LogP contribution in [-0.4, -0.2) is 59.4 Å². The summed E-state index contributed by atoms with van der Waals surface area (Å²) in [5.41, 5.74) is 1.38. The van der Waals surface area contributed by atoms with Crippen molar-refractivity contribution in [3.63, 3.8) is 0 Å². The van der Waals surface area contributed by atoms with Gasteiger partial charge in [0.05, 0.1) is 0 Å². The maximum Gasteiger partial charge on any atom is 0.253 e. The molecule has 4 nitrogen and oxygen atoms in total. The van der Waals surface area contributed by atoms with Gasteiger partial charge in [0, 0.05) is 37.6 Å². The summed E-state index contributed by atoms with van der Waals surface area (Å²) in [4.78, 5) is 16.7. The van der Waals surface area contributed by atoms with Gasteiger partial charge in [0.2, 0.25) is 0 Å². The highest BCUT2D eigenvalue weighted by Gasteiger charge is 2.20. The smallest absolute Gasteiger partial charge is 0.253 e. The molecule has 1 N–H and O–H groups in total. The lowest BCUT2D eigenvalue weighted by molar-refractivity contribution is 0.0761. The topological polar surface area (TPSA) is 43.8 Å². The van der Waals surface area contributed by atoms with E-state index in [9.17, 15) is 9.90 Å². The molecule has 1 heterocycles. The van der Waals surface area contributed by atoms with Crippen molar-refractivity contribution in [1.29, 1.82) is 0 Å². The van der Waals surface area contributed by atoms with Gasteiger partial charge in [-0.1, -0.05) is 0 Å². The highest BCUT2D eigenvalue weighted by atomic mass is 35.5. The normalized spacial score (nSPS) is 17.0. The highest BCUT2D eigenvalue weighted by molar-refractivity contribution is 6.18. The molecule has 0 aromatic heterocycles. The third-order valence-corrected chi connectivity index (χ3v) is 3.89. The number of alkyl halides is 1. The molecule has 0 saturated carbocycles. The van der Waals surface area contributed by atoms with Crippen LogP contribution >= 0.6 is 11.6 Å². The Morgan fingerprint density at radius 3 is 2.80 bits per heavy atom. The minimum Gasteiger partial charge on any atom is -0.508 e. The minimum atomic E-state index is 0.0424. The van der Waals surface area contributed by atoms with Gasteiger partial charge in [0.25, 0.3) is 5.91 Å². The Kier molecular flexibility index (Phi) is 5.26. The van der Waals surface area contributed by atoms with Crippen molar-refractivity contribution in [2.75, 3.05) is 38.6 Å². The molecule has 0 atom stereocenters. The molecule has 20 heavy (non-hydrogen) atoms. The molecule has 1 aromatic rings. The molecular formula is C15H21ClN2O2. The molecule has 1 saturated heterocycles. The zero-order valence-corrected chi connectivity index (χ0v) is 12.6. The summed E-state index contributed by atoms with van der Waals surface area (Å²) >= 11 is 5.77. The predicted molar refractivity (Wildman–Crippen MR) is 80.5 cm³/mol. The van der Waals surface area contributed by atoms with Gasteiger partial charge in [-0.2, -0.15) is 0 Å². The second-order valence-electron chi connectivity index (χ2n) is 5.18. The molecule has 1 aromatic carbocycles. The first-order valence-corrected chi connectivity index (χ1v) is 7.52. The second-order valence-corrected chi connectivity index (χ2v) is 5.56. The number of aromatic hydroxyl groups is 1. The monoisotopic (exact) mass is 296 g/mol. The Morgan fingerprint density at radius 2 is 2.10 bits per heavy atom. The summed E-state index contributed by atoms with van der Waals surface area (Å²) < 4.78 is 0. The van der Waals surface area contributed by atoms with Crippen LogP contribution in [-0.2, 0) is 0 Å². The van der Waals surface area contributed by atoms with E-state index in [1.165, 1.54) is 0 Å². The second kappa shape index (κ2) is 6.95. The summed E-state index contributed by atoms with van der Waals surface area (Å²) in [5.74, 6) is 0.900. The van der Waals surface area contributed by atoms with E-state index >= 15 is 0 Å². The Hall–Kier alpha value is -1.26. The number of nitrogens with zero attached hydrogens (tertiary/aromatic N) is 2. The fraction of sp³-hybridized carbons (Fsp3) is 0.533. The third kappa shape index (κ3) is 3.64. The van der Waals surface area contributed by atoms with Gasteiger partial charge in [-0.15, -0.1) is 11.6 Å². The van der Waals surface area contributed by atoms with Crippen molar-refractivity contribution in [3.05, 3.63) is 29.3 Å². The molecule has 0 unspecified atom stereocenters. The van der Waals surface area contributed by atoms with Crippen LogP contribution in [0.5, 0.6) is 5.75 Å². The van der Waals surface area contributed by atoms with Crippen LogP contribution in [0.3, 0.4) is 0 Å². The maximum atomic E-state index is 12.5. The molecule has 0 bridgehead atoms. The Labute approximate surface area is 124 Å². The number of halogens is 1. The lowest BCUT2D eigenvalue weighted by Gasteiger charge is -2.21. The maximum absolute atomic E-state index is 12.5. The predicted octanol–water partition coefficient (Wildman–Crippen LogP) is 2.09. The van der Waals surface area contributed by atoms with Crippen LogP contribution < -0.4 is 0 Å². The number of rotatable bonds is 3. The number of carbonyl (C=O) groups excluding carboxylic acids is 1. The fourth-order valence-corrected chi connectivity index (χ4v) is 2.73. The molecule has 5 heteroatoms. The van der Waals surface area contributed by atoms with E-state index in [2.05, 4.69) is 4.90 Å². The van der Waals surface area contributed by atoms with Crippen molar-refractivity contribution in [3.8, 4) is 5.75 Å². The van der Waals surface area contributed by atoms with Gasteiger partial charge >= 0.3 is 0 Å². The van der Waals surface area contributed by atoms with Gasteiger partial charge < -0.3 is 14.9 Å². The summed E-state index contributed by atoms with van der Waals surface area (Å²) in [5, 5.41) is 9.53. The number of hydrogen-bond donors (Lipinski definition) is 1. The van der Waals surface area contributed by atoms with Gasteiger partial charge in [-0.25, -0.2) is 0 Å². The lowest BCUT2D eigenvalue weighted by atomic mass is 10.1. The Morgan fingerprint density at radius 1 is 1.30 bits per heavy atom. The van der Waals surface area contributed by atoms with Crippen molar-refractivity contribution in [2.45, 2.75) is 13.3 Å². The molecule has 0 radical (unpaired) electrons. The number of benzene rings is 1. The quantitative estimate of drug-likeness (QED) is 0.869. The van der Waals surface area contributed by atoms with Gasteiger partial charge in [0.1, 0.15) is 5.75 Å². The highest BCUT2D eigenvalue weighted by Crippen LogP contribution is 2.18.